The Morgan fingerprint density at radius 3 is 1.95 bits per heavy atom. The van der Waals surface area contributed by atoms with Crippen LogP contribution in [0.15, 0.2) is 18.2 Å². The lowest BCUT2D eigenvalue weighted by Gasteiger charge is -2.31. The fraction of sp³-hybridized carbons (Fsp3) is 0.500. The molecule has 0 aliphatic heterocycles. The number of alkyl halides is 6. The number of ether oxygens (including phenoxy) is 1. The molecule has 0 heterocycles. The van der Waals surface area contributed by atoms with E-state index in [1.165, 1.54) is 13.2 Å². The van der Waals surface area contributed by atoms with Gasteiger partial charge >= 0.3 is 12.4 Å². The van der Waals surface area contributed by atoms with Crippen molar-refractivity contribution in [2.24, 2.45) is 5.92 Å². The van der Waals surface area contributed by atoms with Crippen LogP contribution in [-0.2, 0) is 0 Å². The Morgan fingerprint density at radius 1 is 1.10 bits per heavy atom. The van der Waals surface area contributed by atoms with E-state index >= 15 is 0 Å². The Hall–Kier alpha value is -1.15. The first kappa shape index (κ1) is 17.9. The van der Waals surface area contributed by atoms with Crippen LogP contribution in [0.4, 0.5) is 26.3 Å². The number of hydrogen-bond acceptors (Lipinski definition) is 2. The minimum absolute atomic E-state index is 0.231. The van der Waals surface area contributed by atoms with Crippen LogP contribution in [0.1, 0.15) is 11.6 Å². The number of methoxy groups -OCH3 is 1. The van der Waals surface area contributed by atoms with Crippen LogP contribution in [0.2, 0.25) is 5.02 Å². The molecule has 120 valence electrons. The lowest BCUT2D eigenvalue weighted by Crippen LogP contribution is -2.45. The van der Waals surface area contributed by atoms with Crippen molar-refractivity contribution in [3.8, 4) is 5.75 Å². The van der Waals surface area contributed by atoms with Crippen molar-refractivity contribution >= 4 is 11.6 Å². The largest absolute Gasteiger partial charge is 0.497 e. The van der Waals surface area contributed by atoms with Crippen molar-refractivity contribution < 1.29 is 31.1 Å². The molecule has 0 aliphatic carbocycles. The molecule has 0 saturated heterocycles. The van der Waals surface area contributed by atoms with Crippen LogP contribution in [0.5, 0.6) is 5.75 Å². The van der Waals surface area contributed by atoms with Crippen LogP contribution >= 0.6 is 11.6 Å². The van der Waals surface area contributed by atoms with Gasteiger partial charge in [-0.25, -0.2) is 0 Å². The van der Waals surface area contributed by atoms with Crippen molar-refractivity contribution in [3.05, 3.63) is 28.8 Å². The molecule has 0 radical (unpaired) electrons. The average Bonchev–Trinajstić information content (AvgIpc) is 2.32. The molecule has 0 bridgehead atoms. The molecular weight excluding hydrogens is 324 g/mol. The van der Waals surface area contributed by atoms with E-state index in [2.05, 4.69) is 0 Å². The number of benzene rings is 1. The Bertz CT molecular complexity index is 474. The molecule has 2 nitrogen and oxygen atoms in total. The van der Waals surface area contributed by atoms with Gasteiger partial charge < -0.3 is 10.1 Å². The molecule has 0 saturated carbocycles. The van der Waals surface area contributed by atoms with E-state index in [0.29, 0.717) is 0 Å². The van der Waals surface area contributed by atoms with Gasteiger partial charge in [0.25, 0.3) is 0 Å². The standard InChI is InChI=1S/C12H12ClF6NO/c1-20-9(10(11(14,15)16)12(17,18)19)7-4-3-6(21-2)5-8(7)13/h3-5,9-10,20H,1-2H3. The minimum atomic E-state index is -5.46. The normalized spacial score (nSPS) is 14.4. The van der Waals surface area contributed by atoms with Gasteiger partial charge in [0, 0.05) is 5.02 Å². The quantitative estimate of drug-likeness (QED) is 0.826. The van der Waals surface area contributed by atoms with Gasteiger partial charge in [0.2, 0.25) is 0 Å². The molecule has 0 spiro atoms. The summed E-state index contributed by atoms with van der Waals surface area (Å²) in [5, 5.41) is 1.80. The summed E-state index contributed by atoms with van der Waals surface area (Å²) in [5.74, 6) is -3.34. The Balaban J connectivity index is 3.33. The second-order valence-electron chi connectivity index (χ2n) is 4.21. The molecule has 1 rings (SSSR count). The van der Waals surface area contributed by atoms with E-state index in [1.807, 2.05) is 5.32 Å². The zero-order chi connectivity index (χ0) is 16.4. The predicted molar refractivity (Wildman–Crippen MR) is 65.4 cm³/mol. The van der Waals surface area contributed by atoms with E-state index in [9.17, 15) is 26.3 Å². The summed E-state index contributed by atoms with van der Waals surface area (Å²) in [6.45, 7) is 0. The molecule has 0 amide bonds. The maximum Gasteiger partial charge on any atom is 0.402 e. The van der Waals surface area contributed by atoms with Gasteiger partial charge in [-0.2, -0.15) is 26.3 Å². The third-order valence-corrected chi connectivity index (χ3v) is 3.22. The summed E-state index contributed by atoms with van der Waals surface area (Å²) in [7, 11) is 2.31. The van der Waals surface area contributed by atoms with Gasteiger partial charge in [-0.3, -0.25) is 0 Å². The fourth-order valence-corrected chi connectivity index (χ4v) is 2.24. The molecule has 21 heavy (non-hydrogen) atoms. The third-order valence-electron chi connectivity index (χ3n) is 2.89. The number of halogens is 7. The van der Waals surface area contributed by atoms with Gasteiger partial charge in [0.1, 0.15) is 5.75 Å². The maximum atomic E-state index is 12.8. The number of hydrogen-bond donors (Lipinski definition) is 1. The van der Waals surface area contributed by atoms with E-state index in [1.54, 1.807) is 0 Å². The summed E-state index contributed by atoms with van der Waals surface area (Å²) < 4.78 is 81.5. The molecular formula is C12H12ClF6NO. The Morgan fingerprint density at radius 2 is 1.62 bits per heavy atom. The van der Waals surface area contributed by atoms with Crippen LogP contribution in [0.3, 0.4) is 0 Å². The zero-order valence-electron chi connectivity index (χ0n) is 10.9. The van der Waals surface area contributed by atoms with Crippen molar-refractivity contribution in [2.75, 3.05) is 14.2 Å². The van der Waals surface area contributed by atoms with Crippen LogP contribution in [0.25, 0.3) is 0 Å². The van der Waals surface area contributed by atoms with E-state index < -0.39 is 24.3 Å². The molecule has 1 N–H and O–H groups in total. The van der Waals surface area contributed by atoms with E-state index in [-0.39, 0.29) is 16.3 Å². The van der Waals surface area contributed by atoms with Crippen molar-refractivity contribution in [1.82, 2.24) is 5.32 Å². The van der Waals surface area contributed by atoms with Crippen molar-refractivity contribution in [2.45, 2.75) is 18.4 Å². The molecule has 1 aromatic carbocycles. The maximum absolute atomic E-state index is 12.8. The molecule has 1 aromatic rings. The van der Waals surface area contributed by atoms with Crippen LogP contribution < -0.4 is 10.1 Å². The van der Waals surface area contributed by atoms with Crippen molar-refractivity contribution in [1.29, 1.82) is 0 Å². The minimum Gasteiger partial charge on any atom is -0.497 e. The van der Waals surface area contributed by atoms with Crippen LogP contribution in [-0.4, -0.2) is 26.5 Å². The second-order valence-corrected chi connectivity index (χ2v) is 4.62. The van der Waals surface area contributed by atoms with Gasteiger partial charge in [0.15, 0.2) is 5.92 Å². The molecule has 0 fully saturated rings. The topological polar surface area (TPSA) is 21.3 Å². The summed E-state index contributed by atoms with van der Waals surface area (Å²) in [4.78, 5) is 0. The fourth-order valence-electron chi connectivity index (χ4n) is 1.95. The van der Waals surface area contributed by atoms with Crippen molar-refractivity contribution in [3.63, 3.8) is 0 Å². The van der Waals surface area contributed by atoms with Gasteiger partial charge in [-0.15, -0.1) is 0 Å². The first-order valence-electron chi connectivity index (χ1n) is 5.66. The molecule has 1 unspecified atom stereocenters. The molecule has 9 heteroatoms. The van der Waals surface area contributed by atoms with Gasteiger partial charge in [-0.1, -0.05) is 17.7 Å². The molecule has 0 aromatic heterocycles. The second kappa shape index (κ2) is 6.31. The smallest absolute Gasteiger partial charge is 0.402 e. The number of nitrogens with one attached hydrogen (secondary N) is 1. The highest BCUT2D eigenvalue weighted by atomic mass is 35.5. The Kier molecular flexibility index (Phi) is 5.38. The monoisotopic (exact) mass is 335 g/mol. The van der Waals surface area contributed by atoms with E-state index in [4.69, 9.17) is 16.3 Å². The highest BCUT2D eigenvalue weighted by Crippen LogP contribution is 2.47. The highest BCUT2D eigenvalue weighted by Gasteiger charge is 2.60. The molecule has 1 atom stereocenters. The predicted octanol–water partition coefficient (Wildman–Crippen LogP) is 4.35. The highest BCUT2D eigenvalue weighted by molar-refractivity contribution is 6.31. The third kappa shape index (κ3) is 4.16. The summed E-state index contributed by atoms with van der Waals surface area (Å²) >= 11 is 5.77. The van der Waals surface area contributed by atoms with Gasteiger partial charge in [-0.05, 0) is 24.7 Å². The van der Waals surface area contributed by atoms with Crippen LogP contribution in [0, 0.1) is 5.92 Å². The van der Waals surface area contributed by atoms with Gasteiger partial charge in [0.05, 0.1) is 13.2 Å². The zero-order valence-corrected chi connectivity index (χ0v) is 11.7. The molecule has 0 aliphatic rings. The lowest BCUT2D eigenvalue weighted by atomic mass is 9.91. The van der Waals surface area contributed by atoms with E-state index in [0.717, 1.165) is 19.2 Å². The summed E-state index contributed by atoms with van der Waals surface area (Å²) in [5.41, 5.74) is -0.306. The summed E-state index contributed by atoms with van der Waals surface area (Å²) in [6.07, 6.45) is -10.9. The number of rotatable bonds is 4. The Labute approximate surface area is 122 Å². The lowest BCUT2D eigenvalue weighted by molar-refractivity contribution is -0.292. The SMILES string of the molecule is CNC(c1ccc(OC)cc1Cl)C(C(F)(F)F)C(F)(F)F. The average molecular weight is 336 g/mol. The summed E-state index contributed by atoms with van der Waals surface area (Å²) in [6, 6.07) is 1.43. The first-order valence-corrected chi connectivity index (χ1v) is 6.04. The first-order chi connectivity index (χ1) is 9.52.